The second-order valence-corrected chi connectivity index (χ2v) is 5.09. The van der Waals surface area contributed by atoms with E-state index in [1.807, 2.05) is 25.4 Å². The number of ether oxygens (including phenoxy) is 1. The molecule has 0 atom stereocenters. The topological polar surface area (TPSA) is 66.9 Å². The maximum absolute atomic E-state index is 5.21. The van der Waals surface area contributed by atoms with Crippen molar-refractivity contribution in [2.75, 3.05) is 25.1 Å². The Morgan fingerprint density at radius 1 is 1.30 bits per heavy atom. The molecule has 106 valence electrons. The van der Waals surface area contributed by atoms with Gasteiger partial charge in [-0.25, -0.2) is 9.97 Å². The van der Waals surface area contributed by atoms with Crippen LogP contribution in [0.5, 0.6) is 5.88 Å². The Labute approximate surface area is 118 Å². The largest absolute Gasteiger partial charge is 0.481 e. The normalized spacial score (nSPS) is 16.4. The first kappa shape index (κ1) is 12.9. The second-order valence-electron chi connectivity index (χ2n) is 5.09. The van der Waals surface area contributed by atoms with Crippen molar-refractivity contribution in [3.8, 4) is 5.88 Å². The summed E-state index contributed by atoms with van der Waals surface area (Å²) in [5.41, 5.74) is 0.931. The van der Waals surface area contributed by atoms with Gasteiger partial charge in [0.15, 0.2) is 0 Å². The summed E-state index contributed by atoms with van der Waals surface area (Å²) in [4.78, 5) is 18.7. The van der Waals surface area contributed by atoms with Crippen LogP contribution < -0.4 is 9.64 Å². The summed E-state index contributed by atoms with van der Waals surface area (Å²) < 4.78 is 5.21. The lowest BCUT2D eigenvalue weighted by Gasteiger charge is -2.31. The first-order valence-corrected chi connectivity index (χ1v) is 6.90. The maximum Gasteiger partial charge on any atom is 0.228 e. The zero-order valence-electron chi connectivity index (χ0n) is 11.8. The Morgan fingerprint density at radius 3 is 2.75 bits per heavy atom. The third-order valence-corrected chi connectivity index (χ3v) is 3.71. The molecule has 1 fully saturated rings. The highest BCUT2D eigenvalue weighted by Crippen LogP contribution is 2.27. The van der Waals surface area contributed by atoms with Gasteiger partial charge in [0.2, 0.25) is 11.8 Å². The van der Waals surface area contributed by atoms with Crippen molar-refractivity contribution >= 4 is 5.95 Å². The molecule has 2 aromatic heterocycles. The molecule has 2 aromatic rings. The predicted molar refractivity (Wildman–Crippen MR) is 76.1 cm³/mol. The Morgan fingerprint density at radius 2 is 2.10 bits per heavy atom. The van der Waals surface area contributed by atoms with Crippen molar-refractivity contribution in [3.05, 3.63) is 30.0 Å². The molecule has 3 heterocycles. The molecule has 0 aliphatic carbocycles. The lowest BCUT2D eigenvalue weighted by Crippen LogP contribution is -2.34. The summed E-state index contributed by atoms with van der Waals surface area (Å²) in [6.45, 7) is 3.85. The summed E-state index contributed by atoms with van der Waals surface area (Å²) in [6.07, 6.45) is 5.83. The standard InChI is InChI=1S/C14H19N5O/c1-10-9-12(20-2)18-14(17-10)19-7-3-11(4-8-19)13-15-5-6-16-13/h5-6,9,11H,3-4,7-8H2,1-2H3,(H,15,16). The molecule has 6 heteroatoms. The number of nitrogens with one attached hydrogen (secondary N) is 1. The van der Waals surface area contributed by atoms with Crippen LogP contribution in [0.25, 0.3) is 0 Å². The molecular formula is C14H19N5O. The van der Waals surface area contributed by atoms with E-state index in [9.17, 15) is 0 Å². The lowest BCUT2D eigenvalue weighted by molar-refractivity contribution is 0.394. The second kappa shape index (κ2) is 5.48. The average Bonchev–Trinajstić information content (AvgIpc) is 3.01. The molecule has 0 bridgehead atoms. The molecule has 0 unspecified atom stereocenters. The summed E-state index contributed by atoms with van der Waals surface area (Å²) in [7, 11) is 1.63. The third kappa shape index (κ3) is 2.59. The minimum atomic E-state index is 0.507. The van der Waals surface area contributed by atoms with E-state index >= 15 is 0 Å². The fourth-order valence-electron chi connectivity index (χ4n) is 2.62. The third-order valence-electron chi connectivity index (χ3n) is 3.71. The van der Waals surface area contributed by atoms with Crippen molar-refractivity contribution in [3.63, 3.8) is 0 Å². The highest BCUT2D eigenvalue weighted by atomic mass is 16.5. The van der Waals surface area contributed by atoms with Crippen LogP contribution in [0.3, 0.4) is 0 Å². The number of aryl methyl sites for hydroxylation is 1. The number of nitrogens with zero attached hydrogens (tertiary/aromatic N) is 4. The minimum Gasteiger partial charge on any atom is -0.481 e. The van der Waals surface area contributed by atoms with Crippen molar-refractivity contribution < 1.29 is 4.74 Å². The van der Waals surface area contributed by atoms with Gasteiger partial charge in [-0.1, -0.05) is 0 Å². The molecule has 20 heavy (non-hydrogen) atoms. The monoisotopic (exact) mass is 273 g/mol. The molecule has 6 nitrogen and oxygen atoms in total. The SMILES string of the molecule is COc1cc(C)nc(N2CCC(c3ncc[nH]3)CC2)n1. The molecule has 3 rings (SSSR count). The van der Waals surface area contributed by atoms with Crippen LogP contribution in [-0.4, -0.2) is 40.1 Å². The maximum atomic E-state index is 5.21. The predicted octanol–water partition coefficient (Wildman–Crippen LogP) is 1.90. The van der Waals surface area contributed by atoms with Gasteiger partial charge in [0.05, 0.1) is 7.11 Å². The Hall–Kier alpha value is -2.11. The molecule has 0 amide bonds. The number of H-pyrrole nitrogens is 1. The molecule has 0 saturated carbocycles. The first-order valence-electron chi connectivity index (χ1n) is 6.90. The van der Waals surface area contributed by atoms with Crippen LogP contribution in [0.1, 0.15) is 30.3 Å². The van der Waals surface area contributed by atoms with Gasteiger partial charge in [0.25, 0.3) is 0 Å². The number of anilines is 1. The van der Waals surface area contributed by atoms with Gasteiger partial charge in [-0.3, -0.25) is 0 Å². The number of hydrogen-bond donors (Lipinski definition) is 1. The van der Waals surface area contributed by atoms with E-state index in [1.54, 1.807) is 7.11 Å². The van der Waals surface area contributed by atoms with Crippen LogP contribution in [0.15, 0.2) is 18.5 Å². The van der Waals surface area contributed by atoms with E-state index in [0.717, 1.165) is 43.4 Å². The van der Waals surface area contributed by atoms with Gasteiger partial charge in [-0.2, -0.15) is 4.98 Å². The lowest BCUT2D eigenvalue weighted by atomic mass is 9.96. The Balaban J connectivity index is 1.70. The fraction of sp³-hybridized carbons (Fsp3) is 0.500. The van der Waals surface area contributed by atoms with E-state index in [4.69, 9.17) is 4.74 Å². The number of rotatable bonds is 3. The summed E-state index contributed by atoms with van der Waals surface area (Å²) >= 11 is 0. The molecule has 1 aliphatic heterocycles. The molecule has 0 spiro atoms. The summed E-state index contributed by atoms with van der Waals surface area (Å²) in [5.74, 6) is 2.99. The smallest absolute Gasteiger partial charge is 0.228 e. The number of methoxy groups -OCH3 is 1. The number of imidazole rings is 1. The molecular weight excluding hydrogens is 254 g/mol. The zero-order valence-corrected chi connectivity index (χ0v) is 11.8. The highest BCUT2D eigenvalue weighted by molar-refractivity contribution is 5.35. The summed E-state index contributed by atoms with van der Waals surface area (Å²) in [5, 5.41) is 0. The van der Waals surface area contributed by atoms with Crippen molar-refractivity contribution in [2.24, 2.45) is 0 Å². The number of aromatic nitrogens is 4. The number of aromatic amines is 1. The van der Waals surface area contributed by atoms with E-state index < -0.39 is 0 Å². The zero-order chi connectivity index (χ0) is 13.9. The summed E-state index contributed by atoms with van der Waals surface area (Å²) in [6, 6.07) is 1.85. The number of piperidine rings is 1. The molecule has 1 saturated heterocycles. The quantitative estimate of drug-likeness (QED) is 0.925. The van der Waals surface area contributed by atoms with E-state index in [-0.39, 0.29) is 0 Å². The molecule has 0 radical (unpaired) electrons. The minimum absolute atomic E-state index is 0.507. The van der Waals surface area contributed by atoms with Crippen molar-refractivity contribution in [1.29, 1.82) is 0 Å². The van der Waals surface area contributed by atoms with Gasteiger partial charge in [-0.05, 0) is 19.8 Å². The van der Waals surface area contributed by atoms with Gasteiger partial charge >= 0.3 is 0 Å². The van der Waals surface area contributed by atoms with Crippen LogP contribution in [0.4, 0.5) is 5.95 Å². The molecule has 1 N–H and O–H groups in total. The Bertz CT molecular complexity index is 561. The van der Waals surface area contributed by atoms with Crippen LogP contribution in [-0.2, 0) is 0 Å². The van der Waals surface area contributed by atoms with Crippen molar-refractivity contribution in [2.45, 2.75) is 25.7 Å². The molecule has 0 aromatic carbocycles. The Kier molecular flexibility index (Phi) is 3.54. The van der Waals surface area contributed by atoms with E-state index in [1.165, 1.54) is 0 Å². The molecule has 1 aliphatic rings. The van der Waals surface area contributed by atoms with Gasteiger partial charge < -0.3 is 14.6 Å². The first-order chi connectivity index (χ1) is 9.76. The number of hydrogen-bond acceptors (Lipinski definition) is 5. The van der Waals surface area contributed by atoms with Gasteiger partial charge in [-0.15, -0.1) is 0 Å². The highest BCUT2D eigenvalue weighted by Gasteiger charge is 2.24. The van der Waals surface area contributed by atoms with E-state index in [0.29, 0.717) is 11.8 Å². The van der Waals surface area contributed by atoms with Crippen LogP contribution in [0, 0.1) is 6.92 Å². The van der Waals surface area contributed by atoms with Crippen LogP contribution >= 0.6 is 0 Å². The van der Waals surface area contributed by atoms with Crippen molar-refractivity contribution in [1.82, 2.24) is 19.9 Å². The van der Waals surface area contributed by atoms with Gasteiger partial charge in [0, 0.05) is 43.2 Å². The average molecular weight is 273 g/mol. The van der Waals surface area contributed by atoms with Crippen LogP contribution in [0.2, 0.25) is 0 Å². The van der Waals surface area contributed by atoms with Gasteiger partial charge in [0.1, 0.15) is 5.82 Å². The fourth-order valence-corrected chi connectivity index (χ4v) is 2.62. The van der Waals surface area contributed by atoms with E-state index in [2.05, 4.69) is 24.8 Å².